The molecular weight excluding hydrogens is 537 g/mol. The molecule has 7 nitrogen and oxygen atoms in total. The third kappa shape index (κ3) is 8.39. The number of amides is 2. The maximum Gasteiger partial charge on any atom is 0.271 e. The Hall–Kier alpha value is -3.26. The van der Waals surface area contributed by atoms with E-state index >= 15 is 0 Å². The van der Waals surface area contributed by atoms with Gasteiger partial charge in [-0.2, -0.15) is 5.10 Å². The smallest absolute Gasteiger partial charge is 0.271 e. The zero-order chi connectivity index (χ0) is 26.8. The van der Waals surface area contributed by atoms with E-state index in [1.54, 1.807) is 36.4 Å². The highest BCUT2D eigenvalue weighted by Crippen LogP contribution is 2.36. The molecule has 0 aliphatic heterocycles. The van der Waals surface area contributed by atoms with Crippen molar-refractivity contribution in [3.63, 3.8) is 0 Å². The number of hydrogen-bond donors (Lipinski definition) is 2. The van der Waals surface area contributed by atoms with Gasteiger partial charge in [-0.1, -0.05) is 60.3 Å². The minimum Gasteiger partial charge on any atom is -0.493 e. The summed E-state index contributed by atoms with van der Waals surface area (Å²) in [6.07, 6.45) is 4.65. The average Bonchev–Trinajstić information content (AvgIpc) is 2.89. The minimum absolute atomic E-state index is 0.192. The topological polar surface area (TPSA) is 89.0 Å². The molecule has 0 aliphatic carbocycles. The lowest BCUT2D eigenvalue weighted by Crippen LogP contribution is -2.20. The Kier molecular flexibility index (Phi) is 10.6. The number of benzene rings is 3. The zero-order valence-corrected chi connectivity index (χ0v) is 22.6. The summed E-state index contributed by atoms with van der Waals surface area (Å²) in [4.78, 5) is 24.7. The Labute approximate surface area is 230 Å². The summed E-state index contributed by atoms with van der Waals surface area (Å²) in [5.41, 5.74) is 5.23. The van der Waals surface area contributed by atoms with Crippen molar-refractivity contribution < 1.29 is 19.1 Å². The van der Waals surface area contributed by atoms with E-state index < -0.39 is 5.91 Å². The van der Waals surface area contributed by atoms with E-state index in [2.05, 4.69) is 22.8 Å². The molecule has 2 N–H and O–H groups in total. The van der Waals surface area contributed by atoms with Crippen LogP contribution in [-0.4, -0.2) is 31.7 Å². The predicted octanol–water partition coefficient (Wildman–Crippen LogP) is 6.78. The summed E-state index contributed by atoms with van der Waals surface area (Å²) in [7, 11) is 1.45. The number of anilines is 1. The average molecular weight is 563 g/mol. The summed E-state index contributed by atoms with van der Waals surface area (Å²) >= 11 is 18.2. The van der Waals surface area contributed by atoms with E-state index in [9.17, 15) is 9.59 Å². The number of carbonyl (C=O) groups is 2. The number of nitrogens with zero attached hydrogens (tertiary/aromatic N) is 1. The van der Waals surface area contributed by atoms with Gasteiger partial charge in [0.25, 0.3) is 11.8 Å². The summed E-state index contributed by atoms with van der Waals surface area (Å²) < 4.78 is 11.0. The van der Waals surface area contributed by atoms with E-state index in [0.29, 0.717) is 32.6 Å². The molecule has 0 saturated carbocycles. The van der Waals surface area contributed by atoms with Crippen LogP contribution in [0.3, 0.4) is 0 Å². The second kappa shape index (κ2) is 13.9. The summed E-state index contributed by atoms with van der Waals surface area (Å²) in [5, 5.41) is 7.57. The Morgan fingerprint density at radius 1 is 0.973 bits per heavy atom. The van der Waals surface area contributed by atoms with Crippen LogP contribution in [0.2, 0.25) is 15.1 Å². The number of carbonyl (C=O) groups excluding carboxylic acids is 2. The van der Waals surface area contributed by atoms with Crippen LogP contribution < -0.4 is 20.2 Å². The molecule has 0 spiro atoms. The highest BCUT2D eigenvalue weighted by molar-refractivity contribution is 6.42. The lowest BCUT2D eigenvalue weighted by atomic mass is 10.1. The van der Waals surface area contributed by atoms with E-state index in [1.165, 1.54) is 25.0 Å². The van der Waals surface area contributed by atoms with Gasteiger partial charge in [-0.05, 0) is 66.4 Å². The van der Waals surface area contributed by atoms with Gasteiger partial charge in [-0.25, -0.2) is 5.43 Å². The molecule has 3 aromatic rings. The van der Waals surface area contributed by atoms with E-state index in [0.717, 1.165) is 19.3 Å². The number of unbranched alkanes of at least 4 members (excludes halogenated alkanes) is 1. The second-order valence-corrected chi connectivity index (χ2v) is 9.22. The van der Waals surface area contributed by atoms with Gasteiger partial charge in [-0.15, -0.1) is 0 Å². The van der Waals surface area contributed by atoms with E-state index in [4.69, 9.17) is 44.3 Å². The van der Waals surface area contributed by atoms with Gasteiger partial charge < -0.3 is 14.8 Å². The van der Waals surface area contributed by atoms with E-state index in [-0.39, 0.29) is 23.3 Å². The third-order valence-electron chi connectivity index (χ3n) is 5.22. The predicted molar refractivity (Wildman–Crippen MR) is 149 cm³/mol. The summed E-state index contributed by atoms with van der Waals surface area (Å²) in [6, 6.07) is 15.4. The number of hydrazone groups is 1. The zero-order valence-electron chi connectivity index (χ0n) is 20.3. The van der Waals surface area contributed by atoms with Gasteiger partial charge in [0.2, 0.25) is 0 Å². The molecule has 0 radical (unpaired) electrons. The van der Waals surface area contributed by atoms with Crippen molar-refractivity contribution >= 4 is 58.5 Å². The molecule has 0 heterocycles. The minimum atomic E-state index is -0.428. The number of rotatable bonds is 11. The molecule has 194 valence electrons. The normalized spacial score (nSPS) is 10.8. The molecular formula is C27H26Cl3N3O4. The number of ether oxygens (including phenoxy) is 2. The van der Waals surface area contributed by atoms with E-state index in [1.807, 2.05) is 12.1 Å². The number of aryl methyl sites for hydroxylation is 1. The van der Waals surface area contributed by atoms with Crippen molar-refractivity contribution in [1.29, 1.82) is 0 Å². The molecule has 3 rings (SSSR count). The molecule has 2 amide bonds. The SMILES string of the molecule is CCCCc1ccc(C(=O)N/N=C/c2cc(Cl)c(OCC(=O)Nc3ccc(Cl)c(Cl)c3)c(OC)c2)cc1. The van der Waals surface area contributed by atoms with Crippen LogP contribution in [0.15, 0.2) is 59.7 Å². The number of methoxy groups -OCH3 is 1. The molecule has 0 bridgehead atoms. The van der Waals surface area contributed by atoms with Gasteiger partial charge in [0.05, 0.1) is 28.4 Å². The summed E-state index contributed by atoms with van der Waals surface area (Å²) in [5.74, 6) is -0.268. The first-order chi connectivity index (χ1) is 17.8. The van der Waals surface area contributed by atoms with Crippen LogP contribution in [0.5, 0.6) is 11.5 Å². The van der Waals surface area contributed by atoms with Crippen LogP contribution in [0.1, 0.15) is 41.3 Å². The highest BCUT2D eigenvalue weighted by atomic mass is 35.5. The largest absolute Gasteiger partial charge is 0.493 e. The molecule has 10 heteroatoms. The van der Waals surface area contributed by atoms with Gasteiger partial charge in [0.1, 0.15) is 0 Å². The van der Waals surface area contributed by atoms with Gasteiger partial charge in [-0.3, -0.25) is 9.59 Å². The molecule has 0 unspecified atom stereocenters. The molecule has 0 atom stereocenters. The first-order valence-electron chi connectivity index (χ1n) is 11.5. The number of hydrogen-bond acceptors (Lipinski definition) is 5. The fraction of sp³-hybridized carbons (Fsp3) is 0.222. The molecule has 0 fully saturated rings. The first kappa shape index (κ1) is 28.3. The van der Waals surface area contributed by atoms with Crippen LogP contribution in [0.25, 0.3) is 0 Å². The monoisotopic (exact) mass is 561 g/mol. The van der Waals surface area contributed by atoms with Gasteiger partial charge >= 0.3 is 0 Å². The Morgan fingerprint density at radius 3 is 2.41 bits per heavy atom. The molecule has 0 saturated heterocycles. The third-order valence-corrected chi connectivity index (χ3v) is 6.24. The van der Waals surface area contributed by atoms with Crippen LogP contribution in [0.4, 0.5) is 5.69 Å². The quantitative estimate of drug-likeness (QED) is 0.199. The van der Waals surface area contributed by atoms with Crippen molar-refractivity contribution in [1.82, 2.24) is 5.43 Å². The highest BCUT2D eigenvalue weighted by Gasteiger charge is 2.14. The molecule has 3 aromatic carbocycles. The van der Waals surface area contributed by atoms with Gasteiger partial charge in [0, 0.05) is 11.3 Å². The Bertz CT molecular complexity index is 1280. The van der Waals surface area contributed by atoms with Crippen LogP contribution in [0, 0.1) is 0 Å². The lowest BCUT2D eigenvalue weighted by Gasteiger charge is -2.13. The van der Waals surface area contributed by atoms with Crippen molar-refractivity contribution in [2.45, 2.75) is 26.2 Å². The Morgan fingerprint density at radius 2 is 1.73 bits per heavy atom. The molecule has 0 aromatic heterocycles. The molecule has 0 aliphatic rings. The molecule has 37 heavy (non-hydrogen) atoms. The number of halogens is 3. The van der Waals surface area contributed by atoms with Crippen molar-refractivity contribution in [2.24, 2.45) is 5.10 Å². The first-order valence-corrected chi connectivity index (χ1v) is 12.6. The summed E-state index contributed by atoms with van der Waals surface area (Å²) in [6.45, 7) is 1.82. The van der Waals surface area contributed by atoms with Crippen LogP contribution in [-0.2, 0) is 11.2 Å². The fourth-order valence-electron chi connectivity index (χ4n) is 3.30. The second-order valence-electron chi connectivity index (χ2n) is 8.00. The maximum atomic E-state index is 12.4. The van der Waals surface area contributed by atoms with Crippen LogP contribution >= 0.6 is 34.8 Å². The standard InChI is InChI=1S/C27H26Cl3N3O4/c1-3-4-5-17-6-8-19(9-7-17)27(35)33-31-15-18-12-23(30)26(24(13-18)36-2)37-16-25(34)32-20-10-11-21(28)22(29)14-20/h6-15H,3-5,16H2,1-2H3,(H,32,34)(H,33,35)/b31-15+. The number of nitrogens with one attached hydrogen (secondary N) is 2. The van der Waals surface area contributed by atoms with Crippen molar-refractivity contribution in [2.75, 3.05) is 19.0 Å². The van der Waals surface area contributed by atoms with Crippen molar-refractivity contribution in [3.8, 4) is 11.5 Å². The lowest BCUT2D eigenvalue weighted by molar-refractivity contribution is -0.118. The maximum absolute atomic E-state index is 12.4. The van der Waals surface area contributed by atoms with Crippen molar-refractivity contribution in [3.05, 3.63) is 86.4 Å². The fourth-order valence-corrected chi connectivity index (χ4v) is 3.87. The van der Waals surface area contributed by atoms with Gasteiger partial charge in [0.15, 0.2) is 18.1 Å². The Balaban J connectivity index is 1.59.